The highest BCUT2D eigenvalue weighted by Crippen LogP contribution is 2.20. The van der Waals surface area contributed by atoms with E-state index in [4.69, 9.17) is 5.73 Å². The molecule has 0 spiro atoms. The van der Waals surface area contributed by atoms with Crippen molar-refractivity contribution in [3.05, 3.63) is 21.9 Å². The van der Waals surface area contributed by atoms with Crippen molar-refractivity contribution < 1.29 is 18.0 Å². The van der Waals surface area contributed by atoms with Gasteiger partial charge < -0.3 is 11.1 Å². The zero-order chi connectivity index (χ0) is 13.6. The van der Waals surface area contributed by atoms with Crippen molar-refractivity contribution in [2.45, 2.75) is 19.1 Å². The van der Waals surface area contributed by atoms with Crippen LogP contribution in [-0.4, -0.2) is 18.6 Å². The van der Waals surface area contributed by atoms with Crippen molar-refractivity contribution in [2.75, 3.05) is 6.54 Å². The van der Waals surface area contributed by atoms with E-state index in [2.05, 4.69) is 17.2 Å². The number of alkyl halides is 3. The summed E-state index contributed by atoms with van der Waals surface area (Å²) in [4.78, 5) is 11.7. The summed E-state index contributed by atoms with van der Waals surface area (Å²) >= 11 is 1.32. The molecule has 0 aliphatic rings. The maximum atomic E-state index is 11.9. The summed E-state index contributed by atoms with van der Waals surface area (Å²) < 4.78 is 35.8. The number of carbonyl (C=O) groups excluding carboxylic acids is 1. The quantitative estimate of drug-likeness (QED) is 0.824. The number of nitrogens with one attached hydrogen (secondary N) is 1. The zero-order valence-corrected chi connectivity index (χ0v) is 10.1. The lowest BCUT2D eigenvalue weighted by molar-refractivity contribution is -0.153. The Kier molecular flexibility index (Phi) is 5.19. The second-order valence-corrected chi connectivity index (χ2v) is 4.33. The van der Waals surface area contributed by atoms with Crippen molar-refractivity contribution in [1.82, 2.24) is 5.32 Å². The van der Waals surface area contributed by atoms with Crippen molar-refractivity contribution in [3.63, 3.8) is 0 Å². The van der Waals surface area contributed by atoms with Gasteiger partial charge in [0.1, 0.15) is 6.42 Å². The van der Waals surface area contributed by atoms with Crippen LogP contribution in [0.15, 0.2) is 11.4 Å². The second kappa shape index (κ2) is 6.42. The number of hydrogen-bond acceptors (Lipinski definition) is 3. The maximum absolute atomic E-state index is 11.9. The number of halogens is 3. The summed E-state index contributed by atoms with van der Waals surface area (Å²) in [7, 11) is 0. The van der Waals surface area contributed by atoms with Crippen LogP contribution in [0, 0.1) is 11.8 Å². The second-order valence-electron chi connectivity index (χ2n) is 3.33. The topological polar surface area (TPSA) is 55.1 Å². The van der Waals surface area contributed by atoms with Crippen LogP contribution in [0.1, 0.15) is 16.9 Å². The van der Waals surface area contributed by atoms with Gasteiger partial charge in [-0.2, -0.15) is 13.2 Å². The van der Waals surface area contributed by atoms with Crippen molar-refractivity contribution in [2.24, 2.45) is 5.73 Å². The van der Waals surface area contributed by atoms with Crippen LogP contribution in [0.25, 0.3) is 0 Å². The summed E-state index contributed by atoms with van der Waals surface area (Å²) in [5, 5.41) is 3.97. The highest BCUT2D eigenvalue weighted by molar-refractivity contribution is 7.10. The van der Waals surface area contributed by atoms with Gasteiger partial charge in [-0.05, 0) is 11.4 Å². The molecule has 0 radical (unpaired) electrons. The third kappa shape index (κ3) is 5.21. The summed E-state index contributed by atoms with van der Waals surface area (Å²) in [6, 6.07) is 1.73. The summed E-state index contributed by atoms with van der Waals surface area (Å²) in [5.74, 6) is 4.39. The van der Waals surface area contributed by atoms with Crippen LogP contribution in [0.2, 0.25) is 0 Å². The molecule has 3 N–H and O–H groups in total. The molecule has 1 rings (SSSR count). The Morgan fingerprint density at radius 3 is 2.83 bits per heavy atom. The van der Waals surface area contributed by atoms with Gasteiger partial charge in [0.25, 0.3) is 0 Å². The van der Waals surface area contributed by atoms with Gasteiger partial charge in [-0.3, -0.25) is 4.79 Å². The Morgan fingerprint density at radius 1 is 1.50 bits per heavy atom. The number of nitrogens with two attached hydrogens (primary N) is 1. The molecule has 0 unspecified atom stereocenters. The zero-order valence-electron chi connectivity index (χ0n) is 9.30. The van der Waals surface area contributed by atoms with Gasteiger partial charge in [0.15, 0.2) is 0 Å². The summed E-state index contributed by atoms with van der Waals surface area (Å²) in [6.45, 7) is 0.247. The third-order valence-corrected chi connectivity index (χ3v) is 2.80. The first-order valence-electron chi connectivity index (χ1n) is 5.01. The van der Waals surface area contributed by atoms with Crippen LogP contribution in [-0.2, 0) is 11.3 Å². The molecule has 98 valence electrons. The predicted octanol–water partition coefficient (Wildman–Crippen LogP) is 1.63. The molecule has 3 nitrogen and oxygen atoms in total. The van der Waals surface area contributed by atoms with Gasteiger partial charge in [-0.25, -0.2) is 0 Å². The van der Waals surface area contributed by atoms with Crippen LogP contribution in [0.5, 0.6) is 0 Å². The fourth-order valence-electron chi connectivity index (χ4n) is 1.16. The minimum Gasteiger partial charge on any atom is -0.351 e. The highest BCUT2D eigenvalue weighted by atomic mass is 32.1. The molecular weight excluding hydrogens is 265 g/mol. The molecular formula is C11H11F3N2OS. The lowest BCUT2D eigenvalue weighted by Crippen LogP contribution is -2.28. The molecule has 0 aliphatic carbocycles. The van der Waals surface area contributed by atoms with Crippen molar-refractivity contribution in [3.8, 4) is 11.8 Å². The molecule has 1 heterocycles. The maximum Gasteiger partial charge on any atom is 0.397 e. The Hall–Kier alpha value is -1.52. The molecule has 0 aliphatic heterocycles. The molecule has 1 amide bonds. The Morgan fingerprint density at radius 2 is 2.22 bits per heavy atom. The number of carbonyl (C=O) groups is 1. The highest BCUT2D eigenvalue weighted by Gasteiger charge is 2.30. The van der Waals surface area contributed by atoms with Gasteiger partial charge in [0.2, 0.25) is 5.91 Å². The molecule has 0 aromatic carbocycles. The minimum atomic E-state index is -4.48. The fraction of sp³-hybridized carbons (Fsp3) is 0.364. The Labute approximate surface area is 106 Å². The first-order chi connectivity index (χ1) is 8.42. The van der Waals surface area contributed by atoms with E-state index in [0.29, 0.717) is 10.4 Å². The molecule has 1 aromatic rings. The van der Waals surface area contributed by atoms with Gasteiger partial charge >= 0.3 is 6.18 Å². The molecule has 0 saturated heterocycles. The number of rotatable bonds is 3. The van der Waals surface area contributed by atoms with Gasteiger partial charge in [-0.1, -0.05) is 11.8 Å². The molecule has 0 atom stereocenters. The molecule has 0 saturated carbocycles. The van der Waals surface area contributed by atoms with E-state index in [9.17, 15) is 18.0 Å². The van der Waals surface area contributed by atoms with Crippen molar-refractivity contribution >= 4 is 17.2 Å². The molecule has 0 bridgehead atoms. The van der Waals surface area contributed by atoms with Crippen LogP contribution >= 0.6 is 11.3 Å². The van der Waals surface area contributed by atoms with Crippen LogP contribution in [0.3, 0.4) is 0 Å². The smallest absolute Gasteiger partial charge is 0.351 e. The first-order valence-corrected chi connectivity index (χ1v) is 5.89. The van der Waals surface area contributed by atoms with E-state index in [1.165, 1.54) is 11.3 Å². The van der Waals surface area contributed by atoms with Gasteiger partial charge in [-0.15, -0.1) is 11.3 Å². The average Bonchev–Trinajstić information content (AvgIpc) is 2.68. The van der Waals surface area contributed by atoms with Crippen molar-refractivity contribution in [1.29, 1.82) is 0 Å². The van der Waals surface area contributed by atoms with Crippen LogP contribution < -0.4 is 11.1 Å². The van der Waals surface area contributed by atoms with E-state index in [-0.39, 0.29) is 13.1 Å². The lowest BCUT2D eigenvalue weighted by atomic mass is 10.2. The third-order valence-electron chi connectivity index (χ3n) is 1.88. The SMILES string of the molecule is NCC#Cc1ccsc1CNC(=O)CC(F)(F)F. The van der Waals surface area contributed by atoms with E-state index in [1.807, 2.05) is 0 Å². The van der Waals surface area contributed by atoms with E-state index >= 15 is 0 Å². The predicted molar refractivity (Wildman–Crippen MR) is 62.8 cm³/mol. The summed E-state index contributed by atoms with van der Waals surface area (Å²) in [5.41, 5.74) is 5.90. The number of thiophene rings is 1. The minimum absolute atomic E-state index is 0.0428. The van der Waals surface area contributed by atoms with Gasteiger partial charge in [0.05, 0.1) is 13.1 Å². The largest absolute Gasteiger partial charge is 0.397 e. The van der Waals surface area contributed by atoms with E-state index in [1.54, 1.807) is 11.4 Å². The molecule has 18 heavy (non-hydrogen) atoms. The standard InChI is InChI=1S/C11H11F3N2OS/c12-11(13,14)6-10(17)16-7-9-8(2-1-4-15)3-5-18-9/h3,5H,4,6-7,15H2,(H,16,17). The lowest BCUT2D eigenvalue weighted by Gasteiger charge is -2.07. The summed E-state index contributed by atoms with van der Waals surface area (Å²) in [6.07, 6.45) is -5.95. The fourth-order valence-corrected chi connectivity index (χ4v) is 1.93. The Balaban J connectivity index is 2.54. The molecule has 1 aromatic heterocycles. The average molecular weight is 276 g/mol. The van der Waals surface area contributed by atoms with Crippen LogP contribution in [0.4, 0.5) is 13.2 Å². The number of hydrogen-bond donors (Lipinski definition) is 2. The van der Waals surface area contributed by atoms with E-state index < -0.39 is 18.5 Å². The van der Waals surface area contributed by atoms with Gasteiger partial charge in [0, 0.05) is 10.4 Å². The first kappa shape index (κ1) is 14.5. The molecule has 0 fully saturated rings. The number of amides is 1. The monoisotopic (exact) mass is 276 g/mol. The van der Waals surface area contributed by atoms with E-state index in [0.717, 1.165) is 0 Å². The normalized spacial score (nSPS) is 10.7. The molecule has 7 heteroatoms. The Bertz CT molecular complexity index is 471.